The molecule has 1 saturated heterocycles. The van der Waals surface area contributed by atoms with E-state index < -0.39 is 10.0 Å². The third-order valence-corrected chi connectivity index (χ3v) is 7.95. The molecular formula is C22H31N5O3S. The van der Waals surface area contributed by atoms with Crippen molar-refractivity contribution in [1.82, 2.24) is 14.3 Å². The summed E-state index contributed by atoms with van der Waals surface area (Å²) < 4.78 is 32.6. The topological polar surface area (TPSA) is 87.7 Å². The second kappa shape index (κ2) is 9.40. The van der Waals surface area contributed by atoms with Crippen LogP contribution in [0.15, 0.2) is 35.2 Å². The van der Waals surface area contributed by atoms with Crippen LogP contribution in [-0.2, 0) is 10.0 Å². The van der Waals surface area contributed by atoms with E-state index in [1.165, 1.54) is 19.3 Å². The molecule has 2 fully saturated rings. The summed E-state index contributed by atoms with van der Waals surface area (Å²) in [7, 11) is -1.96. The van der Waals surface area contributed by atoms with E-state index in [0.29, 0.717) is 48.8 Å². The van der Waals surface area contributed by atoms with Crippen molar-refractivity contribution in [2.24, 2.45) is 0 Å². The average Bonchev–Trinajstić information content (AvgIpc) is 2.79. The minimum Gasteiger partial charge on any atom is -0.497 e. The second-order valence-electron chi connectivity index (χ2n) is 8.24. The van der Waals surface area contributed by atoms with Crippen LogP contribution in [0.3, 0.4) is 0 Å². The maximum absolute atomic E-state index is 13.0. The molecule has 2 aromatic rings. The fourth-order valence-corrected chi connectivity index (χ4v) is 5.68. The number of sulfonamides is 1. The van der Waals surface area contributed by atoms with Gasteiger partial charge in [-0.05, 0) is 44.0 Å². The van der Waals surface area contributed by atoms with Crippen LogP contribution in [-0.4, -0.2) is 62.0 Å². The number of hydrogen-bond acceptors (Lipinski definition) is 7. The minimum absolute atomic E-state index is 0.290. The fraction of sp³-hybridized carbons (Fsp3) is 0.545. The molecule has 0 unspecified atom stereocenters. The molecule has 0 radical (unpaired) electrons. The van der Waals surface area contributed by atoms with Crippen LogP contribution < -0.4 is 15.0 Å². The highest BCUT2D eigenvalue weighted by Gasteiger charge is 2.29. The number of aromatic nitrogens is 2. The number of methoxy groups -OCH3 is 1. The molecule has 2 aliphatic rings. The van der Waals surface area contributed by atoms with Crippen LogP contribution in [0.1, 0.15) is 37.8 Å². The molecule has 9 heteroatoms. The van der Waals surface area contributed by atoms with Gasteiger partial charge in [0.1, 0.15) is 11.6 Å². The van der Waals surface area contributed by atoms with E-state index in [2.05, 4.69) is 15.2 Å². The fourth-order valence-electron chi connectivity index (χ4n) is 4.26. The molecule has 1 saturated carbocycles. The van der Waals surface area contributed by atoms with Crippen molar-refractivity contribution in [2.75, 3.05) is 43.5 Å². The number of aryl methyl sites for hydroxylation is 1. The van der Waals surface area contributed by atoms with Gasteiger partial charge in [-0.3, -0.25) is 0 Å². The van der Waals surface area contributed by atoms with Gasteiger partial charge in [0, 0.05) is 44.0 Å². The third-order valence-electron chi connectivity index (χ3n) is 6.04. The zero-order valence-corrected chi connectivity index (χ0v) is 19.1. The van der Waals surface area contributed by atoms with Gasteiger partial charge in [-0.25, -0.2) is 13.4 Å². The Hall–Kier alpha value is -2.39. The van der Waals surface area contributed by atoms with E-state index in [1.54, 1.807) is 35.7 Å². The summed E-state index contributed by atoms with van der Waals surface area (Å²) in [5.74, 6) is 2.17. The van der Waals surface area contributed by atoms with E-state index in [0.717, 1.165) is 24.4 Å². The zero-order valence-electron chi connectivity index (χ0n) is 18.2. The van der Waals surface area contributed by atoms with Gasteiger partial charge in [-0.1, -0.05) is 19.3 Å². The van der Waals surface area contributed by atoms with Gasteiger partial charge in [0.2, 0.25) is 16.0 Å². The largest absolute Gasteiger partial charge is 0.497 e. The summed E-state index contributed by atoms with van der Waals surface area (Å²) in [5, 5.41) is 3.50. The molecule has 8 nitrogen and oxygen atoms in total. The van der Waals surface area contributed by atoms with Crippen molar-refractivity contribution in [2.45, 2.75) is 50.0 Å². The number of nitrogens with one attached hydrogen (secondary N) is 1. The van der Waals surface area contributed by atoms with Crippen molar-refractivity contribution < 1.29 is 13.2 Å². The van der Waals surface area contributed by atoms with Crippen molar-refractivity contribution >= 4 is 21.8 Å². The average molecular weight is 446 g/mol. The Morgan fingerprint density at radius 3 is 2.32 bits per heavy atom. The van der Waals surface area contributed by atoms with Crippen molar-refractivity contribution in [3.63, 3.8) is 0 Å². The normalized spacial score (nSPS) is 18.7. The highest BCUT2D eigenvalue weighted by atomic mass is 32.2. The number of piperazine rings is 1. The summed E-state index contributed by atoms with van der Waals surface area (Å²) in [6.45, 7) is 4.00. The smallest absolute Gasteiger partial charge is 0.243 e. The molecule has 1 aromatic carbocycles. The highest BCUT2D eigenvalue weighted by molar-refractivity contribution is 7.89. The first-order valence-electron chi connectivity index (χ1n) is 11.0. The number of ether oxygens (including phenoxy) is 1. The monoisotopic (exact) mass is 445 g/mol. The standard InChI is InChI=1S/C22H31N5O3S/c1-17-16-21(25-22(23-17)24-18-6-4-3-5-7-18)26-12-14-27(15-13-26)31(28,29)20-10-8-19(30-2)9-11-20/h8-11,16,18H,3-7,12-15H2,1-2H3,(H,23,24,25). The number of hydrogen-bond donors (Lipinski definition) is 1. The van der Waals surface area contributed by atoms with Crippen LogP contribution in [0.25, 0.3) is 0 Å². The molecule has 0 atom stereocenters. The molecule has 1 N–H and O–H groups in total. The van der Waals surface area contributed by atoms with Gasteiger partial charge < -0.3 is 15.0 Å². The van der Waals surface area contributed by atoms with Gasteiger partial charge in [-0.15, -0.1) is 0 Å². The van der Waals surface area contributed by atoms with Crippen molar-refractivity contribution in [3.8, 4) is 5.75 Å². The third kappa shape index (κ3) is 5.10. The van der Waals surface area contributed by atoms with Crippen molar-refractivity contribution in [3.05, 3.63) is 36.0 Å². The van der Waals surface area contributed by atoms with Crippen LogP contribution in [0, 0.1) is 6.92 Å². The summed E-state index contributed by atoms with van der Waals surface area (Å²) in [5.41, 5.74) is 0.914. The Morgan fingerprint density at radius 2 is 1.68 bits per heavy atom. The number of anilines is 2. The minimum atomic E-state index is -3.52. The molecule has 0 spiro atoms. The lowest BCUT2D eigenvalue weighted by Gasteiger charge is -2.35. The molecular weight excluding hydrogens is 414 g/mol. The number of nitrogens with zero attached hydrogens (tertiary/aromatic N) is 4. The van der Waals surface area contributed by atoms with Crippen LogP contribution in [0.4, 0.5) is 11.8 Å². The van der Waals surface area contributed by atoms with E-state index in [4.69, 9.17) is 9.72 Å². The Kier molecular flexibility index (Phi) is 6.62. The predicted molar refractivity (Wildman–Crippen MR) is 121 cm³/mol. The van der Waals surface area contributed by atoms with Crippen molar-refractivity contribution in [1.29, 1.82) is 0 Å². The van der Waals surface area contributed by atoms with E-state index >= 15 is 0 Å². The van der Waals surface area contributed by atoms with E-state index in [9.17, 15) is 8.42 Å². The van der Waals surface area contributed by atoms with Crippen LogP contribution in [0.2, 0.25) is 0 Å². The molecule has 0 bridgehead atoms. The highest BCUT2D eigenvalue weighted by Crippen LogP contribution is 2.24. The summed E-state index contributed by atoms with van der Waals surface area (Å²) in [6.07, 6.45) is 6.13. The van der Waals surface area contributed by atoms with E-state index in [-0.39, 0.29) is 0 Å². The summed E-state index contributed by atoms with van der Waals surface area (Å²) >= 11 is 0. The lowest BCUT2D eigenvalue weighted by molar-refractivity contribution is 0.383. The van der Waals surface area contributed by atoms with Gasteiger partial charge in [-0.2, -0.15) is 9.29 Å². The van der Waals surface area contributed by atoms with Gasteiger partial charge in [0.05, 0.1) is 12.0 Å². The first kappa shape index (κ1) is 21.8. The maximum atomic E-state index is 13.0. The molecule has 2 heterocycles. The lowest BCUT2D eigenvalue weighted by atomic mass is 9.96. The molecule has 168 valence electrons. The van der Waals surface area contributed by atoms with Crippen LogP contribution in [0.5, 0.6) is 5.75 Å². The molecule has 1 aliphatic carbocycles. The Labute approximate surface area is 184 Å². The first-order valence-corrected chi connectivity index (χ1v) is 12.4. The maximum Gasteiger partial charge on any atom is 0.243 e. The summed E-state index contributed by atoms with van der Waals surface area (Å²) in [4.78, 5) is 11.7. The van der Waals surface area contributed by atoms with Gasteiger partial charge in [0.15, 0.2) is 0 Å². The summed E-state index contributed by atoms with van der Waals surface area (Å²) in [6, 6.07) is 8.95. The number of benzene rings is 1. The Bertz CT molecular complexity index is 983. The van der Waals surface area contributed by atoms with Gasteiger partial charge >= 0.3 is 0 Å². The molecule has 4 rings (SSSR count). The zero-order chi connectivity index (χ0) is 21.8. The molecule has 1 aliphatic heterocycles. The van der Waals surface area contributed by atoms with Crippen LogP contribution >= 0.6 is 0 Å². The quantitative estimate of drug-likeness (QED) is 0.731. The predicted octanol–water partition coefficient (Wildman–Crippen LogP) is 3.05. The molecule has 1 aromatic heterocycles. The van der Waals surface area contributed by atoms with E-state index in [1.807, 2.05) is 13.0 Å². The lowest BCUT2D eigenvalue weighted by Crippen LogP contribution is -2.49. The molecule has 0 amide bonds. The molecule has 31 heavy (non-hydrogen) atoms. The van der Waals surface area contributed by atoms with Gasteiger partial charge in [0.25, 0.3) is 0 Å². The number of rotatable bonds is 6. The first-order chi connectivity index (χ1) is 15.0. The Morgan fingerprint density at radius 1 is 1.00 bits per heavy atom. The second-order valence-corrected chi connectivity index (χ2v) is 10.2. The SMILES string of the molecule is COc1ccc(S(=O)(=O)N2CCN(c3cc(C)nc(NC4CCCCC4)n3)CC2)cc1. The Balaban J connectivity index is 1.42.